The Balaban J connectivity index is 1.70. The van der Waals surface area contributed by atoms with Crippen molar-refractivity contribution in [2.75, 3.05) is 11.1 Å². The first kappa shape index (κ1) is 17.1. The molecule has 0 saturated carbocycles. The fraction of sp³-hybridized carbons (Fsp3) is 0.333. The van der Waals surface area contributed by atoms with Crippen LogP contribution in [0.25, 0.3) is 11.4 Å². The van der Waals surface area contributed by atoms with Crippen LogP contribution in [0.1, 0.15) is 17.4 Å². The second kappa shape index (κ2) is 7.45. The van der Waals surface area contributed by atoms with Crippen molar-refractivity contribution >= 4 is 45.5 Å². The van der Waals surface area contributed by atoms with Gasteiger partial charge in [0, 0.05) is 34.4 Å². The van der Waals surface area contributed by atoms with Gasteiger partial charge in [0.1, 0.15) is 0 Å². The van der Waals surface area contributed by atoms with E-state index in [1.165, 1.54) is 33.5 Å². The Morgan fingerprint density at radius 1 is 1.38 bits per heavy atom. The summed E-state index contributed by atoms with van der Waals surface area (Å²) in [5.74, 6) is 1.02. The number of thiophene rings is 1. The molecule has 24 heavy (non-hydrogen) atoms. The van der Waals surface area contributed by atoms with Crippen molar-refractivity contribution in [1.29, 1.82) is 0 Å². The highest BCUT2D eigenvalue weighted by atomic mass is 32.2. The highest BCUT2D eigenvalue weighted by Gasteiger charge is 2.17. The number of hydrogen-bond acceptors (Lipinski definition) is 7. The van der Waals surface area contributed by atoms with Crippen LogP contribution in [0.4, 0.5) is 5.13 Å². The fourth-order valence-corrected chi connectivity index (χ4v) is 4.55. The number of hydrogen-bond donors (Lipinski definition) is 1. The monoisotopic (exact) mass is 379 g/mol. The molecular formula is C15H17N5OS3. The van der Waals surface area contributed by atoms with Gasteiger partial charge in [0.2, 0.25) is 5.91 Å². The lowest BCUT2D eigenvalue weighted by molar-refractivity contribution is -0.113. The summed E-state index contributed by atoms with van der Waals surface area (Å²) in [6.07, 6.45) is 2.63. The molecule has 3 heterocycles. The molecule has 0 unspecified atom stereocenters. The summed E-state index contributed by atoms with van der Waals surface area (Å²) < 4.78 is 1.95. The predicted octanol–water partition coefficient (Wildman–Crippen LogP) is 3.60. The highest BCUT2D eigenvalue weighted by Crippen LogP contribution is 2.31. The molecule has 1 N–H and O–H groups in total. The number of rotatable bonds is 6. The molecule has 126 valence electrons. The van der Waals surface area contributed by atoms with E-state index in [4.69, 9.17) is 0 Å². The van der Waals surface area contributed by atoms with E-state index in [0.29, 0.717) is 5.13 Å². The lowest BCUT2D eigenvalue weighted by atomic mass is 10.1. The maximum absolute atomic E-state index is 12.0. The molecule has 0 saturated heterocycles. The van der Waals surface area contributed by atoms with Crippen molar-refractivity contribution in [1.82, 2.24) is 19.7 Å². The van der Waals surface area contributed by atoms with Crippen molar-refractivity contribution < 1.29 is 4.79 Å². The SMILES string of the molecule is CCc1c(-c2nnc(SCC(=O)Nc3nccs3)n2C)csc1C. The van der Waals surface area contributed by atoms with Gasteiger partial charge in [0.15, 0.2) is 16.1 Å². The Kier molecular flexibility index (Phi) is 5.32. The van der Waals surface area contributed by atoms with Gasteiger partial charge >= 0.3 is 0 Å². The molecule has 0 aliphatic heterocycles. The number of thiazole rings is 1. The van der Waals surface area contributed by atoms with Crippen LogP contribution in [0, 0.1) is 6.92 Å². The minimum atomic E-state index is -0.0971. The summed E-state index contributed by atoms with van der Waals surface area (Å²) in [6, 6.07) is 0. The Morgan fingerprint density at radius 2 is 2.21 bits per heavy atom. The summed E-state index contributed by atoms with van der Waals surface area (Å²) in [4.78, 5) is 17.3. The van der Waals surface area contributed by atoms with E-state index in [1.54, 1.807) is 17.5 Å². The van der Waals surface area contributed by atoms with Crippen molar-refractivity contribution in [2.24, 2.45) is 7.05 Å². The van der Waals surface area contributed by atoms with Crippen LogP contribution in [0.2, 0.25) is 0 Å². The van der Waals surface area contributed by atoms with Crippen LogP contribution >= 0.6 is 34.4 Å². The second-order valence-corrected chi connectivity index (χ2v) is 8.00. The van der Waals surface area contributed by atoms with Crippen molar-refractivity contribution in [3.8, 4) is 11.4 Å². The van der Waals surface area contributed by atoms with E-state index in [9.17, 15) is 4.79 Å². The molecule has 0 aliphatic rings. The molecule has 0 fully saturated rings. The van der Waals surface area contributed by atoms with Crippen LogP contribution in [-0.2, 0) is 18.3 Å². The normalized spacial score (nSPS) is 11.0. The lowest BCUT2D eigenvalue weighted by Crippen LogP contribution is -2.14. The van der Waals surface area contributed by atoms with E-state index in [0.717, 1.165) is 23.0 Å². The summed E-state index contributed by atoms with van der Waals surface area (Å²) in [5, 5.41) is 16.6. The molecule has 3 aromatic rings. The molecule has 0 radical (unpaired) electrons. The summed E-state index contributed by atoms with van der Waals surface area (Å²) in [5.41, 5.74) is 2.45. The van der Waals surface area contributed by atoms with E-state index < -0.39 is 0 Å². The Labute approximate surface area is 152 Å². The molecule has 0 aromatic carbocycles. The summed E-state index contributed by atoms with van der Waals surface area (Å²) >= 11 is 4.50. The third-order valence-electron chi connectivity index (χ3n) is 3.54. The van der Waals surface area contributed by atoms with Crippen molar-refractivity contribution in [2.45, 2.75) is 25.4 Å². The maximum Gasteiger partial charge on any atom is 0.236 e. The molecular weight excluding hydrogens is 362 g/mol. The van der Waals surface area contributed by atoms with Crippen LogP contribution in [-0.4, -0.2) is 31.4 Å². The number of amides is 1. The molecule has 9 heteroatoms. The van der Waals surface area contributed by atoms with Gasteiger partial charge in [0.25, 0.3) is 0 Å². The number of thioether (sulfide) groups is 1. The Morgan fingerprint density at radius 3 is 2.92 bits per heavy atom. The molecule has 1 amide bonds. The van der Waals surface area contributed by atoms with E-state index in [2.05, 4.69) is 39.7 Å². The zero-order valence-corrected chi connectivity index (χ0v) is 16.0. The first-order valence-corrected chi connectivity index (χ1v) is 10.1. The van der Waals surface area contributed by atoms with Gasteiger partial charge in [-0.2, -0.15) is 0 Å². The highest BCUT2D eigenvalue weighted by molar-refractivity contribution is 7.99. The Hall–Kier alpha value is -1.71. The molecule has 0 bridgehead atoms. The number of nitrogens with zero attached hydrogens (tertiary/aromatic N) is 4. The minimum absolute atomic E-state index is 0.0971. The quantitative estimate of drug-likeness (QED) is 0.663. The van der Waals surface area contributed by atoms with Crippen LogP contribution in [0.5, 0.6) is 0 Å². The zero-order valence-electron chi connectivity index (χ0n) is 13.6. The first-order valence-electron chi connectivity index (χ1n) is 7.39. The topological polar surface area (TPSA) is 72.7 Å². The second-order valence-electron chi connectivity index (χ2n) is 5.08. The smallest absolute Gasteiger partial charge is 0.236 e. The van der Waals surface area contributed by atoms with Gasteiger partial charge in [-0.25, -0.2) is 4.98 Å². The molecule has 3 rings (SSSR count). The lowest BCUT2D eigenvalue weighted by Gasteiger charge is -2.05. The van der Waals surface area contributed by atoms with Crippen molar-refractivity contribution in [3.05, 3.63) is 27.4 Å². The van der Waals surface area contributed by atoms with Gasteiger partial charge in [-0.3, -0.25) is 4.79 Å². The van der Waals surface area contributed by atoms with E-state index in [-0.39, 0.29) is 11.7 Å². The number of aryl methyl sites for hydroxylation is 1. The Bertz CT molecular complexity index is 838. The molecule has 0 spiro atoms. The molecule has 0 aliphatic carbocycles. The van der Waals surface area contributed by atoms with Crippen LogP contribution < -0.4 is 5.32 Å². The van der Waals surface area contributed by atoms with Crippen LogP contribution in [0.15, 0.2) is 22.1 Å². The van der Waals surface area contributed by atoms with Gasteiger partial charge in [-0.1, -0.05) is 18.7 Å². The van der Waals surface area contributed by atoms with E-state index >= 15 is 0 Å². The molecule has 0 atom stereocenters. The predicted molar refractivity (Wildman–Crippen MR) is 99.9 cm³/mol. The summed E-state index contributed by atoms with van der Waals surface area (Å²) in [6.45, 7) is 4.27. The maximum atomic E-state index is 12.0. The standard InChI is InChI=1S/C15H17N5OS3/c1-4-10-9(2)23-7-11(10)13-18-19-15(20(13)3)24-8-12(21)17-14-16-5-6-22-14/h5-7H,4,8H2,1-3H3,(H,16,17,21). The van der Waals surface area contributed by atoms with Gasteiger partial charge in [0.05, 0.1) is 5.75 Å². The number of carbonyl (C=O) groups is 1. The van der Waals surface area contributed by atoms with Gasteiger partial charge < -0.3 is 9.88 Å². The van der Waals surface area contributed by atoms with Gasteiger partial charge in [-0.15, -0.1) is 32.9 Å². The van der Waals surface area contributed by atoms with Gasteiger partial charge in [-0.05, 0) is 18.9 Å². The summed E-state index contributed by atoms with van der Waals surface area (Å²) in [7, 11) is 1.93. The third kappa shape index (κ3) is 3.52. The average Bonchev–Trinajstić information content (AvgIpc) is 3.27. The molecule has 3 aromatic heterocycles. The largest absolute Gasteiger partial charge is 0.305 e. The minimum Gasteiger partial charge on any atom is -0.305 e. The third-order valence-corrected chi connectivity index (χ3v) is 6.21. The van der Waals surface area contributed by atoms with Crippen molar-refractivity contribution in [3.63, 3.8) is 0 Å². The van der Waals surface area contributed by atoms with Crippen LogP contribution in [0.3, 0.4) is 0 Å². The number of nitrogens with one attached hydrogen (secondary N) is 1. The number of anilines is 1. The zero-order chi connectivity index (χ0) is 17.1. The number of aromatic nitrogens is 4. The average molecular weight is 380 g/mol. The van der Waals surface area contributed by atoms with E-state index in [1.807, 2.05) is 17.0 Å². The fourth-order valence-electron chi connectivity index (χ4n) is 2.35. The first-order chi connectivity index (χ1) is 11.6. The number of carbonyl (C=O) groups excluding carboxylic acids is 1. The molecule has 6 nitrogen and oxygen atoms in total.